The van der Waals surface area contributed by atoms with Crippen molar-refractivity contribution in [2.45, 2.75) is 6.92 Å². The fourth-order valence-corrected chi connectivity index (χ4v) is 1.92. The number of anilines is 1. The van der Waals surface area contributed by atoms with Crippen LogP contribution in [0.3, 0.4) is 0 Å². The smallest absolute Gasteiger partial charge is 0.262 e. The minimum Gasteiger partial charge on any atom is -0.493 e. The van der Waals surface area contributed by atoms with Crippen LogP contribution in [0.5, 0.6) is 11.5 Å². The fraction of sp³-hybridized carbons (Fsp3) is 0.176. The summed E-state index contributed by atoms with van der Waals surface area (Å²) in [5.41, 5.74) is 0.562. The van der Waals surface area contributed by atoms with Crippen molar-refractivity contribution in [2.75, 3.05) is 19.0 Å². The maximum atomic E-state index is 13.1. The number of amides is 1. The maximum absolute atomic E-state index is 13.1. The summed E-state index contributed by atoms with van der Waals surface area (Å²) in [5, 5.41) is 2.38. The van der Waals surface area contributed by atoms with E-state index in [9.17, 15) is 18.4 Å². The molecule has 0 atom stereocenters. The van der Waals surface area contributed by atoms with Gasteiger partial charge in [0, 0.05) is 17.3 Å². The first-order valence-corrected chi connectivity index (χ1v) is 6.97. The third-order valence-corrected chi connectivity index (χ3v) is 3.13. The van der Waals surface area contributed by atoms with Crippen molar-refractivity contribution in [1.29, 1.82) is 0 Å². The first-order valence-electron chi connectivity index (χ1n) is 6.97. The molecule has 2 aromatic carbocycles. The lowest BCUT2D eigenvalue weighted by Crippen LogP contribution is -2.20. The number of halogens is 2. The second-order valence-electron chi connectivity index (χ2n) is 4.89. The molecule has 0 aromatic heterocycles. The number of hydrogen-bond acceptors (Lipinski definition) is 4. The van der Waals surface area contributed by atoms with E-state index in [1.807, 2.05) is 0 Å². The van der Waals surface area contributed by atoms with Crippen LogP contribution in [0.15, 0.2) is 36.4 Å². The number of nitrogens with one attached hydrogen (secondary N) is 1. The molecule has 0 aliphatic heterocycles. The predicted octanol–water partition coefficient (Wildman–Crippen LogP) is 3.19. The molecule has 0 saturated carbocycles. The number of hydrogen-bond donors (Lipinski definition) is 1. The van der Waals surface area contributed by atoms with Crippen LogP contribution in [0.25, 0.3) is 0 Å². The molecule has 0 bridgehead atoms. The number of Topliss-reactive ketones (excluding diaryl/α,β-unsaturated/α-hetero) is 1. The molecule has 0 spiro atoms. The van der Waals surface area contributed by atoms with Gasteiger partial charge in [0.05, 0.1) is 7.11 Å². The highest BCUT2D eigenvalue weighted by Crippen LogP contribution is 2.28. The normalized spacial score (nSPS) is 10.2. The van der Waals surface area contributed by atoms with Gasteiger partial charge < -0.3 is 14.8 Å². The quantitative estimate of drug-likeness (QED) is 0.824. The van der Waals surface area contributed by atoms with Crippen LogP contribution in [-0.2, 0) is 4.79 Å². The van der Waals surface area contributed by atoms with Crippen LogP contribution >= 0.6 is 0 Å². The Morgan fingerprint density at radius 3 is 2.42 bits per heavy atom. The second-order valence-corrected chi connectivity index (χ2v) is 4.89. The van der Waals surface area contributed by atoms with Crippen molar-refractivity contribution >= 4 is 17.4 Å². The van der Waals surface area contributed by atoms with Crippen LogP contribution in [0.1, 0.15) is 17.3 Å². The summed E-state index contributed by atoms with van der Waals surface area (Å²) in [6.07, 6.45) is 0. The number of rotatable bonds is 6. The summed E-state index contributed by atoms with van der Waals surface area (Å²) < 4.78 is 36.4. The van der Waals surface area contributed by atoms with E-state index in [2.05, 4.69) is 5.32 Å². The number of ketones is 1. The zero-order chi connectivity index (χ0) is 17.7. The molecule has 2 rings (SSSR count). The van der Waals surface area contributed by atoms with E-state index in [0.29, 0.717) is 11.3 Å². The Morgan fingerprint density at radius 2 is 1.79 bits per heavy atom. The lowest BCUT2D eigenvalue weighted by molar-refractivity contribution is -0.118. The Balaban J connectivity index is 2.00. The Kier molecular flexibility index (Phi) is 5.47. The molecule has 1 amide bonds. The van der Waals surface area contributed by atoms with Crippen LogP contribution in [0.2, 0.25) is 0 Å². The summed E-state index contributed by atoms with van der Waals surface area (Å²) >= 11 is 0. The highest BCUT2D eigenvalue weighted by molar-refractivity contribution is 5.95. The average Bonchev–Trinajstić information content (AvgIpc) is 2.56. The van der Waals surface area contributed by atoms with Crippen molar-refractivity contribution in [1.82, 2.24) is 0 Å². The molecule has 24 heavy (non-hydrogen) atoms. The lowest BCUT2D eigenvalue weighted by atomic mass is 10.1. The number of ether oxygens (including phenoxy) is 2. The Hall–Kier alpha value is -2.96. The first-order chi connectivity index (χ1) is 11.4. The van der Waals surface area contributed by atoms with E-state index in [0.717, 1.165) is 12.1 Å². The molecule has 0 unspecified atom stereocenters. The third-order valence-electron chi connectivity index (χ3n) is 3.13. The van der Waals surface area contributed by atoms with Gasteiger partial charge in [-0.1, -0.05) is 0 Å². The van der Waals surface area contributed by atoms with E-state index in [1.54, 1.807) is 6.07 Å². The minimum absolute atomic E-state index is 0.112. The van der Waals surface area contributed by atoms with E-state index < -0.39 is 17.5 Å². The molecule has 126 valence electrons. The molecule has 5 nitrogen and oxygen atoms in total. The van der Waals surface area contributed by atoms with Crippen molar-refractivity contribution < 1.29 is 27.8 Å². The van der Waals surface area contributed by atoms with Crippen molar-refractivity contribution in [3.63, 3.8) is 0 Å². The number of carbonyl (C=O) groups excluding carboxylic acids is 2. The fourth-order valence-electron chi connectivity index (χ4n) is 1.92. The molecule has 7 heteroatoms. The van der Waals surface area contributed by atoms with Gasteiger partial charge in [-0.15, -0.1) is 0 Å². The molecule has 0 fully saturated rings. The second kappa shape index (κ2) is 7.54. The third kappa shape index (κ3) is 4.28. The zero-order valence-corrected chi connectivity index (χ0v) is 13.1. The van der Waals surface area contributed by atoms with E-state index in [-0.39, 0.29) is 23.8 Å². The average molecular weight is 335 g/mol. The highest BCUT2D eigenvalue weighted by Gasteiger charge is 2.11. The molecule has 0 heterocycles. The van der Waals surface area contributed by atoms with Crippen LogP contribution in [0.4, 0.5) is 14.5 Å². The van der Waals surface area contributed by atoms with Gasteiger partial charge in [-0.2, -0.15) is 0 Å². The Bertz CT molecular complexity index is 777. The van der Waals surface area contributed by atoms with E-state index >= 15 is 0 Å². The van der Waals surface area contributed by atoms with Gasteiger partial charge in [-0.3, -0.25) is 9.59 Å². The van der Waals surface area contributed by atoms with Gasteiger partial charge >= 0.3 is 0 Å². The van der Waals surface area contributed by atoms with Gasteiger partial charge in [-0.05, 0) is 37.3 Å². The highest BCUT2D eigenvalue weighted by atomic mass is 19.2. The van der Waals surface area contributed by atoms with Gasteiger partial charge in [0.1, 0.15) is 0 Å². The SMILES string of the molecule is COc1cc(C(C)=O)ccc1OCC(=O)Nc1ccc(F)c(F)c1. The van der Waals surface area contributed by atoms with Crippen LogP contribution < -0.4 is 14.8 Å². The largest absolute Gasteiger partial charge is 0.493 e. The number of carbonyl (C=O) groups is 2. The summed E-state index contributed by atoms with van der Waals surface area (Å²) in [6.45, 7) is 1.05. The van der Waals surface area contributed by atoms with Crippen LogP contribution in [0, 0.1) is 11.6 Å². The summed E-state index contributed by atoms with van der Waals surface area (Å²) in [6, 6.07) is 7.59. The summed E-state index contributed by atoms with van der Waals surface area (Å²) in [7, 11) is 1.41. The van der Waals surface area contributed by atoms with Crippen LogP contribution in [-0.4, -0.2) is 25.4 Å². The molecule has 1 N–H and O–H groups in total. The molecule has 2 aromatic rings. The molecule has 0 aliphatic carbocycles. The van der Waals surface area contributed by atoms with E-state index in [1.165, 1.54) is 32.2 Å². The van der Waals surface area contributed by atoms with Gasteiger partial charge in [0.25, 0.3) is 5.91 Å². The van der Waals surface area contributed by atoms with Gasteiger partial charge in [0.15, 0.2) is 35.5 Å². The summed E-state index contributed by atoms with van der Waals surface area (Å²) in [4.78, 5) is 23.1. The molecular formula is C17H15F2NO4. The van der Waals surface area contributed by atoms with Crippen molar-refractivity contribution in [3.8, 4) is 11.5 Å². The van der Waals surface area contributed by atoms with Crippen molar-refractivity contribution in [3.05, 3.63) is 53.6 Å². The predicted molar refractivity (Wildman–Crippen MR) is 83.5 cm³/mol. The summed E-state index contributed by atoms with van der Waals surface area (Å²) in [5.74, 6) is -2.16. The van der Waals surface area contributed by atoms with Gasteiger partial charge in [-0.25, -0.2) is 8.78 Å². The van der Waals surface area contributed by atoms with Gasteiger partial charge in [0.2, 0.25) is 0 Å². The monoisotopic (exact) mass is 335 g/mol. The zero-order valence-electron chi connectivity index (χ0n) is 13.1. The number of methoxy groups -OCH3 is 1. The Labute approximate surface area is 137 Å². The molecular weight excluding hydrogens is 320 g/mol. The molecule has 0 saturated heterocycles. The lowest BCUT2D eigenvalue weighted by Gasteiger charge is -2.11. The standard InChI is InChI=1S/C17H15F2NO4/c1-10(21)11-3-6-15(16(7-11)23-2)24-9-17(22)20-12-4-5-13(18)14(19)8-12/h3-8H,9H2,1-2H3,(H,20,22). The first kappa shape index (κ1) is 17.4. The molecule has 0 radical (unpaired) electrons. The van der Waals surface area contributed by atoms with Crippen molar-refractivity contribution in [2.24, 2.45) is 0 Å². The maximum Gasteiger partial charge on any atom is 0.262 e. The topological polar surface area (TPSA) is 64.6 Å². The molecule has 0 aliphatic rings. The Morgan fingerprint density at radius 1 is 1.04 bits per heavy atom. The van der Waals surface area contributed by atoms with E-state index in [4.69, 9.17) is 9.47 Å². The minimum atomic E-state index is -1.06. The number of benzene rings is 2.